The molecule has 20 heavy (non-hydrogen) atoms. The van der Waals surface area contributed by atoms with Gasteiger partial charge in [0.2, 0.25) is 0 Å². The Labute approximate surface area is 121 Å². The van der Waals surface area contributed by atoms with Gasteiger partial charge in [-0.15, -0.1) is 0 Å². The van der Waals surface area contributed by atoms with Gasteiger partial charge in [0, 0.05) is 18.0 Å². The maximum absolute atomic E-state index is 4.16. The molecule has 0 aliphatic rings. The first-order valence-electron chi connectivity index (χ1n) is 7.19. The summed E-state index contributed by atoms with van der Waals surface area (Å²) >= 11 is 0. The van der Waals surface area contributed by atoms with Crippen molar-refractivity contribution in [3.05, 3.63) is 58.7 Å². The van der Waals surface area contributed by atoms with E-state index in [4.69, 9.17) is 0 Å². The van der Waals surface area contributed by atoms with Crippen LogP contribution in [0.25, 0.3) is 0 Å². The minimum atomic E-state index is 0.164. The highest BCUT2D eigenvalue weighted by Crippen LogP contribution is 2.28. The van der Waals surface area contributed by atoms with E-state index in [9.17, 15) is 0 Å². The summed E-state index contributed by atoms with van der Waals surface area (Å²) in [6.45, 7) is 9.66. The van der Waals surface area contributed by atoms with Gasteiger partial charge in [-0.2, -0.15) is 0 Å². The average molecular weight is 269 g/mol. The third kappa shape index (κ3) is 3.23. The number of nitrogens with one attached hydrogen (secondary N) is 1. The van der Waals surface area contributed by atoms with Gasteiger partial charge in [0.15, 0.2) is 0 Å². The highest BCUT2D eigenvalue weighted by molar-refractivity contribution is 5.43. The summed E-state index contributed by atoms with van der Waals surface area (Å²) in [5, 5.41) is 3.62. The van der Waals surface area contributed by atoms with Crippen molar-refractivity contribution in [2.45, 2.75) is 40.2 Å². The van der Waals surface area contributed by atoms with Crippen molar-refractivity contribution in [1.82, 2.24) is 15.3 Å². The van der Waals surface area contributed by atoms with Crippen LogP contribution in [0.2, 0.25) is 0 Å². The number of hydrogen-bond acceptors (Lipinski definition) is 3. The van der Waals surface area contributed by atoms with Crippen LogP contribution in [0.3, 0.4) is 0 Å². The number of aromatic nitrogens is 2. The van der Waals surface area contributed by atoms with E-state index in [1.54, 1.807) is 6.33 Å². The first kappa shape index (κ1) is 14.7. The second kappa shape index (κ2) is 6.62. The Kier molecular flexibility index (Phi) is 4.85. The maximum Gasteiger partial charge on any atom is 0.115 e. The van der Waals surface area contributed by atoms with Crippen molar-refractivity contribution in [2.75, 3.05) is 6.54 Å². The van der Waals surface area contributed by atoms with Gasteiger partial charge in [0.25, 0.3) is 0 Å². The molecule has 0 aliphatic heterocycles. The number of aryl methyl sites for hydroxylation is 3. The van der Waals surface area contributed by atoms with Crippen LogP contribution >= 0.6 is 0 Å². The SMILES string of the molecule is CCCNC(c1cncnc1)c1c(C)cc(C)cc1C. The lowest BCUT2D eigenvalue weighted by atomic mass is 9.91. The van der Waals surface area contributed by atoms with Crippen molar-refractivity contribution in [3.63, 3.8) is 0 Å². The van der Waals surface area contributed by atoms with Gasteiger partial charge in [0.05, 0.1) is 6.04 Å². The van der Waals surface area contributed by atoms with E-state index in [0.717, 1.165) is 18.5 Å². The largest absolute Gasteiger partial charge is 0.306 e. The van der Waals surface area contributed by atoms with E-state index in [-0.39, 0.29) is 6.04 Å². The molecule has 0 saturated carbocycles. The Morgan fingerprint density at radius 1 is 1.05 bits per heavy atom. The van der Waals surface area contributed by atoms with Crippen LogP contribution < -0.4 is 5.32 Å². The van der Waals surface area contributed by atoms with Gasteiger partial charge in [0.1, 0.15) is 6.33 Å². The molecular weight excluding hydrogens is 246 g/mol. The Hall–Kier alpha value is -1.74. The lowest BCUT2D eigenvalue weighted by Gasteiger charge is -2.23. The molecule has 2 aromatic rings. The topological polar surface area (TPSA) is 37.8 Å². The van der Waals surface area contributed by atoms with Crippen LogP contribution in [0.1, 0.15) is 47.2 Å². The van der Waals surface area contributed by atoms with Crippen molar-refractivity contribution in [1.29, 1.82) is 0 Å². The van der Waals surface area contributed by atoms with Crippen LogP contribution in [0, 0.1) is 20.8 Å². The van der Waals surface area contributed by atoms with E-state index < -0.39 is 0 Å². The van der Waals surface area contributed by atoms with E-state index in [2.05, 4.69) is 55.1 Å². The number of nitrogens with zero attached hydrogens (tertiary/aromatic N) is 2. The summed E-state index contributed by atoms with van der Waals surface area (Å²) in [5.41, 5.74) is 6.41. The second-order valence-electron chi connectivity index (χ2n) is 5.37. The Bertz CT molecular complexity index is 541. The fraction of sp³-hybridized carbons (Fsp3) is 0.412. The molecule has 0 aliphatic carbocycles. The Morgan fingerprint density at radius 2 is 1.65 bits per heavy atom. The van der Waals surface area contributed by atoms with E-state index >= 15 is 0 Å². The van der Waals surface area contributed by atoms with E-state index in [0.29, 0.717) is 0 Å². The molecule has 0 spiro atoms. The van der Waals surface area contributed by atoms with Gasteiger partial charge in [-0.1, -0.05) is 24.6 Å². The van der Waals surface area contributed by atoms with Crippen LogP contribution in [0.4, 0.5) is 0 Å². The molecule has 0 saturated heterocycles. The van der Waals surface area contributed by atoms with Gasteiger partial charge >= 0.3 is 0 Å². The van der Waals surface area contributed by atoms with Crippen LogP contribution in [-0.2, 0) is 0 Å². The van der Waals surface area contributed by atoms with Gasteiger partial charge in [-0.05, 0) is 50.4 Å². The molecule has 0 radical (unpaired) electrons. The van der Waals surface area contributed by atoms with Crippen LogP contribution in [0.5, 0.6) is 0 Å². The third-order valence-corrected chi connectivity index (χ3v) is 3.54. The summed E-state index contributed by atoms with van der Waals surface area (Å²) in [5.74, 6) is 0. The Balaban J connectivity index is 2.47. The van der Waals surface area contributed by atoms with E-state index in [1.165, 1.54) is 22.3 Å². The summed E-state index contributed by atoms with van der Waals surface area (Å²) in [7, 11) is 0. The monoisotopic (exact) mass is 269 g/mol. The number of benzene rings is 1. The minimum Gasteiger partial charge on any atom is -0.306 e. The minimum absolute atomic E-state index is 0.164. The Morgan fingerprint density at radius 3 is 2.20 bits per heavy atom. The molecule has 1 aromatic carbocycles. The van der Waals surface area contributed by atoms with Crippen molar-refractivity contribution < 1.29 is 0 Å². The van der Waals surface area contributed by atoms with Crippen molar-refractivity contribution >= 4 is 0 Å². The standard InChI is InChI=1S/C17H23N3/c1-5-6-20-17(15-9-18-11-19-10-15)16-13(3)7-12(2)8-14(16)4/h7-11,17,20H,5-6H2,1-4H3. The lowest BCUT2D eigenvalue weighted by molar-refractivity contribution is 0.590. The van der Waals surface area contributed by atoms with Gasteiger partial charge in [-0.3, -0.25) is 0 Å². The van der Waals surface area contributed by atoms with Crippen LogP contribution in [-0.4, -0.2) is 16.5 Å². The molecule has 0 fully saturated rings. The zero-order valence-electron chi connectivity index (χ0n) is 12.8. The summed E-state index contributed by atoms with van der Waals surface area (Å²) in [6, 6.07) is 4.65. The fourth-order valence-electron chi connectivity index (χ4n) is 2.78. The van der Waals surface area contributed by atoms with Crippen molar-refractivity contribution in [2.24, 2.45) is 0 Å². The summed E-state index contributed by atoms with van der Waals surface area (Å²) < 4.78 is 0. The summed E-state index contributed by atoms with van der Waals surface area (Å²) in [6.07, 6.45) is 6.49. The fourth-order valence-corrected chi connectivity index (χ4v) is 2.78. The van der Waals surface area contributed by atoms with Crippen LogP contribution in [0.15, 0.2) is 30.9 Å². The van der Waals surface area contributed by atoms with Gasteiger partial charge < -0.3 is 5.32 Å². The lowest BCUT2D eigenvalue weighted by Crippen LogP contribution is -2.25. The molecule has 106 valence electrons. The normalized spacial score (nSPS) is 12.4. The number of rotatable bonds is 5. The number of hydrogen-bond donors (Lipinski definition) is 1. The quantitative estimate of drug-likeness (QED) is 0.903. The van der Waals surface area contributed by atoms with Gasteiger partial charge in [-0.25, -0.2) is 9.97 Å². The van der Waals surface area contributed by atoms with E-state index in [1.807, 2.05) is 12.4 Å². The molecule has 3 heteroatoms. The smallest absolute Gasteiger partial charge is 0.115 e. The maximum atomic E-state index is 4.16. The predicted octanol–water partition coefficient (Wildman–Crippen LogP) is 3.49. The molecule has 1 unspecified atom stereocenters. The molecular formula is C17H23N3. The average Bonchev–Trinajstić information content (AvgIpc) is 2.42. The second-order valence-corrected chi connectivity index (χ2v) is 5.37. The molecule has 1 heterocycles. The molecule has 3 nitrogen and oxygen atoms in total. The molecule has 0 bridgehead atoms. The molecule has 1 atom stereocenters. The molecule has 1 aromatic heterocycles. The molecule has 2 rings (SSSR count). The zero-order chi connectivity index (χ0) is 14.5. The third-order valence-electron chi connectivity index (χ3n) is 3.54. The highest BCUT2D eigenvalue weighted by atomic mass is 14.9. The predicted molar refractivity (Wildman–Crippen MR) is 82.8 cm³/mol. The molecule has 1 N–H and O–H groups in total. The summed E-state index contributed by atoms with van der Waals surface area (Å²) in [4.78, 5) is 8.33. The zero-order valence-corrected chi connectivity index (χ0v) is 12.8. The highest BCUT2D eigenvalue weighted by Gasteiger charge is 2.18. The first-order chi connectivity index (χ1) is 9.63. The first-order valence-corrected chi connectivity index (χ1v) is 7.19. The molecule has 0 amide bonds. The van der Waals surface area contributed by atoms with Crippen molar-refractivity contribution in [3.8, 4) is 0 Å².